The van der Waals surface area contributed by atoms with Crippen molar-refractivity contribution in [1.82, 2.24) is 0 Å². The highest BCUT2D eigenvalue weighted by Crippen LogP contribution is 2.48. The summed E-state index contributed by atoms with van der Waals surface area (Å²) in [7, 11) is 0. The Morgan fingerprint density at radius 2 is 2.05 bits per heavy atom. The van der Waals surface area contributed by atoms with Gasteiger partial charge in [0.25, 0.3) is 0 Å². The van der Waals surface area contributed by atoms with Crippen molar-refractivity contribution in [2.45, 2.75) is 45.4 Å². The molecule has 1 fully saturated rings. The van der Waals surface area contributed by atoms with Crippen LogP contribution in [0.4, 0.5) is 0 Å². The van der Waals surface area contributed by atoms with Gasteiger partial charge in [-0.05, 0) is 43.4 Å². The third-order valence-electron chi connectivity index (χ3n) is 3.93. The lowest BCUT2D eigenvalue weighted by Crippen LogP contribution is -2.22. The Bertz CT molecular complexity index is 450. The van der Waals surface area contributed by atoms with E-state index in [-0.39, 0.29) is 5.41 Å². The normalized spacial score (nSPS) is 16.9. The topological polar surface area (TPSA) is 67.8 Å². The molecule has 20 heavy (non-hydrogen) atoms. The van der Waals surface area contributed by atoms with E-state index in [1.54, 1.807) is 0 Å². The van der Waals surface area contributed by atoms with Crippen molar-refractivity contribution in [1.29, 1.82) is 0 Å². The van der Waals surface area contributed by atoms with E-state index in [0.717, 1.165) is 25.0 Å². The SMILES string of the molecule is CCCCc1ccc(OCC2(C/C(N)=N/O)CC2)cc1. The highest BCUT2D eigenvalue weighted by molar-refractivity contribution is 5.80. The van der Waals surface area contributed by atoms with Crippen LogP contribution in [0.1, 0.15) is 44.6 Å². The van der Waals surface area contributed by atoms with E-state index >= 15 is 0 Å². The first-order chi connectivity index (χ1) is 9.67. The van der Waals surface area contributed by atoms with Crippen LogP contribution in [0.15, 0.2) is 29.4 Å². The van der Waals surface area contributed by atoms with Gasteiger partial charge in [-0.15, -0.1) is 0 Å². The van der Waals surface area contributed by atoms with Gasteiger partial charge in [0.1, 0.15) is 11.6 Å². The summed E-state index contributed by atoms with van der Waals surface area (Å²) >= 11 is 0. The molecule has 1 aromatic rings. The summed E-state index contributed by atoms with van der Waals surface area (Å²) in [6, 6.07) is 8.33. The number of hydrogen-bond donors (Lipinski definition) is 2. The molecule has 110 valence electrons. The second-order valence-corrected chi connectivity index (χ2v) is 5.80. The van der Waals surface area contributed by atoms with Gasteiger partial charge in [-0.25, -0.2) is 0 Å². The first-order valence-corrected chi connectivity index (χ1v) is 7.35. The maximum Gasteiger partial charge on any atom is 0.139 e. The van der Waals surface area contributed by atoms with Gasteiger partial charge in [0, 0.05) is 11.8 Å². The van der Waals surface area contributed by atoms with Crippen LogP contribution in [0.3, 0.4) is 0 Å². The van der Waals surface area contributed by atoms with Crippen LogP contribution in [0.5, 0.6) is 5.75 Å². The maximum atomic E-state index is 8.63. The van der Waals surface area contributed by atoms with Crippen molar-refractivity contribution < 1.29 is 9.94 Å². The number of hydrogen-bond acceptors (Lipinski definition) is 3. The lowest BCUT2D eigenvalue weighted by atomic mass is 10.0. The van der Waals surface area contributed by atoms with Gasteiger partial charge in [-0.2, -0.15) is 0 Å². The standard InChI is InChI=1S/C16H24N2O2/c1-2-3-4-13-5-7-14(8-6-13)20-12-16(9-10-16)11-15(17)18-19/h5-8,19H,2-4,9-12H2,1H3,(H2,17,18). The Kier molecular flexibility index (Phi) is 4.88. The van der Waals surface area contributed by atoms with Gasteiger partial charge in [0.05, 0.1) is 6.61 Å². The molecule has 1 saturated carbocycles. The third kappa shape index (κ3) is 4.15. The van der Waals surface area contributed by atoms with Crippen LogP contribution in [-0.4, -0.2) is 17.6 Å². The Balaban J connectivity index is 1.82. The summed E-state index contributed by atoms with van der Waals surface area (Å²) in [4.78, 5) is 0. The molecule has 1 aliphatic rings. The second kappa shape index (κ2) is 6.64. The van der Waals surface area contributed by atoms with E-state index in [4.69, 9.17) is 15.7 Å². The molecule has 3 N–H and O–H groups in total. The first kappa shape index (κ1) is 14.7. The fraction of sp³-hybridized carbons (Fsp3) is 0.562. The number of oxime groups is 1. The fourth-order valence-electron chi connectivity index (χ4n) is 2.34. The smallest absolute Gasteiger partial charge is 0.139 e. The molecular weight excluding hydrogens is 252 g/mol. The van der Waals surface area contributed by atoms with Crippen LogP contribution in [0.25, 0.3) is 0 Å². The number of aryl methyl sites for hydroxylation is 1. The van der Waals surface area contributed by atoms with Crippen LogP contribution < -0.4 is 10.5 Å². The highest BCUT2D eigenvalue weighted by atomic mass is 16.5. The maximum absolute atomic E-state index is 8.63. The Hall–Kier alpha value is -1.71. The minimum atomic E-state index is 0.0806. The molecule has 0 saturated heterocycles. The number of amidine groups is 1. The van der Waals surface area contributed by atoms with E-state index in [1.165, 1.54) is 18.4 Å². The zero-order valence-electron chi connectivity index (χ0n) is 12.1. The molecule has 0 spiro atoms. The summed E-state index contributed by atoms with van der Waals surface area (Å²) in [5.74, 6) is 1.19. The van der Waals surface area contributed by atoms with E-state index in [1.807, 2.05) is 12.1 Å². The lowest BCUT2D eigenvalue weighted by Gasteiger charge is -2.15. The van der Waals surface area contributed by atoms with Crippen molar-refractivity contribution in [3.63, 3.8) is 0 Å². The number of nitrogens with zero attached hydrogens (tertiary/aromatic N) is 1. The zero-order valence-corrected chi connectivity index (χ0v) is 12.1. The number of benzene rings is 1. The molecule has 0 bridgehead atoms. The summed E-state index contributed by atoms with van der Waals surface area (Å²) in [6.45, 7) is 2.84. The number of ether oxygens (including phenoxy) is 1. The van der Waals surface area contributed by atoms with Crippen LogP contribution >= 0.6 is 0 Å². The van der Waals surface area contributed by atoms with Crippen molar-refractivity contribution in [3.05, 3.63) is 29.8 Å². The zero-order chi connectivity index (χ0) is 14.4. The molecule has 0 atom stereocenters. The first-order valence-electron chi connectivity index (χ1n) is 7.35. The van der Waals surface area contributed by atoms with Crippen molar-refractivity contribution in [2.75, 3.05) is 6.61 Å². The average Bonchev–Trinajstić information content (AvgIpc) is 3.24. The largest absolute Gasteiger partial charge is 0.493 e. The summed E-state index contributed by atoms with van der Waals surface area (Å²) in [6.07, 6.45) is 6.34. The predicted octanol–water partition coefficient (Wildman–Crippen LogP) is 3.32. The van der Waals surface area contributed by atoms with Gasteiger partial charge >= 0.3 is 0 Å². The highest BCUT2D eigenvalue weighted by Gasteiger charge is 2.44. The summed E-state index contributed by atoms with van der Waals surface area (Å²) < 4.78 is 5.85. The lowest BCUT2D eigenvalue weighted by molar-refractivity contribution is 0.236. The molecule has 0 radical (unpaired) electrons. The predicted molar refractivity (Wildman–Crippen MR) is 80.2 cm³/mol. The van der Waals surface area contributed by atoms with Crippen LogP contribution in [0, 0.1) is 5.41 Å². The van der Waals surface area contributed by atoms with Gasteiger partial charge in [0.2, 0.25) is 0 Å². The number of rotatable bonds is 8. The molecule has 2 rings (SSSR count). The Morgan fingerprint density at radius 1 is 1.35 bits per heavy atom. The Labute approximate surface area is 120 Å². The summed E-state index contributed by atoms with van der Waals surface area (Å²) in [5.41, 5.74) is 7.02. The van der Waals surface area contributed by atoms with Gasteiger partial charge < -0.3 is 15.7 Å². The minimum Gasteiger partial charge on any atom is -0.493 e. The van der Waals surface area contributed by atoms with Gasteiger partial charge in [-0.3, -0.25) is 0 Å². The molecule has 0 amide bonds. The molecule has 1 aromatic carbocycles. The van der Waals surface area contributed by atoms with Crippen LogP contribution in [-0.2, 0) is 6.42 Å². The molecule has 4 heteroatoms. The van der Waals surface area contributed by atoms with E-state index in [2.05, 4.69) is 24.2 Å². The minimum absolute atomic E-state index is 0.0806. The molecule has 0 heterocycles. The third-order valence-corrected chi connectivity index (χ3v) is 3.93. The number of nitrogens with two attached hydrogens (primary N) is 1. The monoisotopic (exact) mass is 276 g/mol. The summed E-state index contributed by atoms with van der Waals surface area (Å²) in [5, 5.41) is 11.7. The van der Waals surface area contributed by atoms with Crippen LogP contribution in [0.2, 0.25) is 0 Å². The van der Waals surface area contributed by atoms with Gasteiger partial charge in [-0.1, -0.05) is 30.6 Å². The van der Waals surface area contributed by atoms with Crippen molar-refractivity contribution >= 4 is 5.84 Å². The average molecular weight is 276 g/mol. The van der Waals surface area contributed by atoms with Crippen molar-refractivity contribution in [3.8, 4) is 5.75 Å². The Morgan fingerprint density at radius 3 is 2.60 bits per heavy atom. The fourth-order valence-corrected chi connectivity index (χ4v) is 2.34. The molecule has 0 unspecified atom stereocenters. The molecular formula is C16H24N2O2. The van der Waals surface area contributed by atoms with Crippen molar-refractivity contribution in [2.24, 2.45) is 16.3 Å². The second-order valence-electron chi connectivity index (χ2n) is 5.80. The quantitative estimate of drug-likeness (QED) is 0.331. The van der Waals surface area contributed by atoms with E-state index in [0.29, 0.717) is 18.9 Å². The molecule has 0 aromatic heterocycles. The van der Waals surface area contributed by atoms with E-state index in [9.17, 15) is 0 Å². The molecule has 4 nitrogen and oxygen atoms in total. The van der Waals surface area contributed by atoms with Gasteiger partial charge in [0.15, 0.2) is 0 Å². The molecule has 1 aliphatic carbocycles. The molecule has 0 aliphatic heterocycles. The van der Waals surface area contributed by atoms with E-state index < -0.39 is 0 Å². The number of unbranched alkanes of at least 4 members (excludes halogenated alkanes) is 1.